The van der Waals surface area contributed by atoms with Crippen LogP contribution in [-0.4, -0.2) is 49.1 Å². The zero-order valence-corrected chi connectivity index (χ0v) is 13.3. The minimum absolute atomic E-state index is 0.394. The Bertz CT molecular complexity index is 505. The van der Waals surface area contributed by atoms with E-state index in [1.807, 2.05) is 12.1 Å². The Labute approximate surface area is 133 Å². The topological polar surface area (TPSA) is 6.48 Å². The summed E-state index contributed by atoms with van der Waals surface area (Å²) in [7, 11) is 0. The molecule has 1 aromatic carbocycles. The van der Waals surface area contributed by atoms with Crippen molar-refractivity contribution in [3.05, 3.63) is 34.9 Å². The molecule has 0 radical (unpaired) electrons. The first-order valence-electron chi connectivity index (χ1n) is 7.86. The molecule has 2 fully saturated rings. The minimum Gasteiger partial charge on any atom is -0.300 e. The molecule has 1 aliphatic heterocycles. The summed E-state index contributed by atoms with van der Waals surface area (Å²) in [5, 5.41) is 0.830. The first-order chi connectivity index (χ1) is 10.2. The van der Waals surface area contributed by atoms with Crippen LogP contribution in [0.25, 0.3) is 0 Å². The summed E-state index contributed by atoms with van der Waals surface area (Å²) >= 11 is 6.00. The van der Waals surface area contributed by atoms with Gasteiger partial charge in [0.25, 0.3) is 0 Å². The van der Waals surface area contributed by atoms with E-state index in [4.69, 9.17) is 18.0 Å². The van der Waals surface area contributed by atoms with Crippen molar-refractivity contribution in [1.29, 1.82) is 0 Å². The van der Waals surface area contributed by atoms with Crippen molar-refractivity contribution < 1.29 is 0 Å². The zero-order chi connectivity index (χ0) is 14.7. The molecule has 0 spiro atoms. The average molecular weight is 303 g/mol. The van der Waals surface area contributed by atoms with Gasteiger partial charge in [-0.1, -0.05) is 23.7 Å². The molecule has 0 atom stereocenters. The number of piperazine rings is 1. The van der Waals surface area contributed by atoms with E-state index in [1.165, 1.54) is 38.0 Å². The Morgan fingerprint density at radius 1 is 1.05 bits per heavy atom. The van der Waals surface area contributed by atoms with Crippen LogP contribution in [0.1, 0.15) is 24.8 Å². The molecule has 0 N–H and O–H groups in total. The molecule has 0 unspecified atom stereocenters. The van der Waals surface area contributed by atoms with E-state index in [9.17, 15) is 0 Å². The maximum Gasteiger partial charge on any atom is 0.0406 e. The summed E-state index contributed by atoms with van der Waals surface area (Å²) in [4.78, 5) is 5.10. The molecule has 0 aromatic heterocycles. The van der Waals surface area contributed by atoms with Gasteiger partial charge in [0.2, 0.25) is 0 Å². The lowest BCUT2D eigenvalue weighted by Crippen LogP contribution is -2.48. The van der Waals surface area contributed by atoms with E-state index in [2.05, 4.69) is 27.9 Å². The first kappa shape index (κ1) is 14.9. The molecule has 112 valence electrons. The molecule has 1 aromatic rings. The summed E-state index contributed by atoms with van der Waals surface area (Å²) in [6.07, 6.45) is 8.84. The van der Waals surface area contributed by atoms with Crippen LogP contribution in [0.15, 0.2) is 24.3 Å². The fourth-order valence-electron chi connectivity index (χ4n) is 3.31. The van der Waals surface area contributed by atoms with Gasteiger partial charge < -0.3 is 0 Å². The summed E-state index contributed by atoms with van der Waals surface area (Å²) in [6, 6.07) is 8.46. The van der Waals surface area contributed by atoms with E-state index in [1.54, 1.807) is 0 Å². The largest absolute Gasteiger partial charge is 0.300 e. The van der Waals surface area contributed by atoms with Crippen LogP contribution in [0.4, 0.5) is 0 Å². The number of hydrogen-bond donors (Lipinski definition) is 0. The number of halogens is 1. The highest BCUT2D eigenvalue weighted by atomic mass is 35.5. The lowest BCUT2D eigenvalue weighted by molar-refractivity contribution is 0.126. The maximum absolute atomic E-state index is 6.00. The first-order valence-corrected chi connectivity index (χ1v) is 8.24. The smallest absolute Gasteiger partial charge is 0.0406 e. The van der Waals surface area contributed by atoms with Crippen LogP contribution in [0.2, 0.25) is 5.02 Å². The summed E-state index contributed by atoms with van der Waals surface area (Å²) < 4.78 is 0. The monoisotopic (exact) mass is 302 g/mol. The third kappa shape index (κ3) is 3.61. The highest BCUT2D eigenvalue weighted by molar-refractivity contribution is 6.30. The standard InChI is InChI=1S/C18H23ClN2/c1-2-3-10-20-11-13-21(14-12-20)15-18(8-9-18)16-4-6-17(19)7-5-16/h1,4-7H,3,8-15H2. The van der Waals surface area contributed by atoms with Crippen LogP contribution in [-0.2, 0) is 5.41 Å². The molecule has 2 aliphatic rings. The lowest BCUT2D eigenvalue weighted by atomic mass is 9.95. The molecule has 0 bridgehead atoms. The van der Waals surface area contributed by atoms with Gasteiger partial charge in [-0.25, -0.2) is 0 Å². The molecular formula is C18H23ClN2. The molecule has 1 saturated heterocycles. The Kier molecular flexibility index (Phi) is 4.54. The van der Waals surface area contributed by atoms with Gasteiger partial charge in [-0.05, 0) is 30.5 Å². The number of terminal acetylenes is 1. The van der Waals surface area contributed by atoms with Crippen LogP contribution >= 0.6 is 11.6 Å². The number of rotatable bonds is 5. The van der Waals surface area contributed by atoms with E-state index in [-0.39, 0.29) is 0 Å². The zero-order valence-electron chi connectivity index (χ0n) is 12.5. The third-order valence-corrected chi connectivity index (χ3v) is 5.13. The summed E-state index contributed by atoms with van der Waals surface area (Å²) in [6.45, 7) is 6.88. The highest BCUT2D eigenvalue weighted by Crippen LogP contribution is 2.49. The van der Waals surface area contributed by atoms with E-state index < -0.39 is 0 Å². The normalized spacial score (nSPS) is 21.9. The van der Waals surface area contributed by atoms with Gasteiger partial charge in [0.15, 0.2) is 0 Å². The Morgan fingerprint density at radius 2 is 1.67 bits per heavy atom. The van der Waals surface area contributed by atoms with Gasteiger partial charge >= 0.3 is 0 Å². The van der Waals surface area contributed by atoms with Crippen molar-refractivity contribution in [1.82, 2.24) is 9.80 Å². The van der Waals surface area contributed by atoms with Crippen molar-refractivity contribution in [3.63, 3.8) is 0 Å². The predicted octanol–water partition coefficient (Wildman–Crippen LogP) is 3.01. The van der Waals surface area contributed by atoms with Crippen molar-refractivity contribution in [2.24, 2.45) is 0 Å². The third-order valence-electron chi connectivity index (χ3n) is 4.87. The Morgan fingerprint density at radius 3 is 2.24 bits per heavy atom. The molecule has 3 rings (SSSR count). The lowest BCUT2D eigenvalue weighted by Gasteiger charge is -2.36. The molecule has 1 saturated carbocycles. The highest BCUT2D eigenvalue weighted by Gasteiger charge is 2.45. The quantitative estimate of drug-likeness (QED) is 0.772. The van der Waals surface area contributed by atoms with Gasteiger partial charge in [0, 0.05) is 56.1 Å². The number of hydrogen-bond acceptors (Lipinski definition) is 2. The van der Waals surface area contributed by atoms with Gasteiger partial charge in [0.1, 0.15) is 0 Å². The average Bonchev–Trinajstić information content (AvgIpc) is 3.28. The minimum atomic E-state index is 0.394. The van der Waals surface area contributed by atoms with Gasteiger partial charge in [-0.15, -0.1) is 12.3 Å². The maximum atomic E-state index is 6.00. The fourth-order valence-corrected chi connectivity index (χ4v) is 3.44. The molecule has 0 amide bonds. The molecular weight excluding hydrogens is 280 g/mol. The number of benzene rings is 1. The predicted molar refractivity (Wildman–Crippen MR) is 88.7 cm³/mol. The molecule has 3 heteroatoms. The molecule has 1 aliphatic carbocycles. The SMILES string of the molecule is C#CCCN1CCN(CC2(c3ccc(Cl)cc3)CC2)CC1. The van der Waals surface area contributed by atoms with Crippen LogP contribution in [0.3, 0.4) is 0 Å². The van der Waals surface area contributed by atoms with E-state index in [0.29, 0.717) is 5.41 Å². The second-order valence-electron chi connectivity index (χ2n) is 6.36. The second kappa shape index (κ2) is 6.40. The molecule has 21 heavy (non-hydrogen) atoms. The Hall–Kier alpha value is -1.01. The van der Waals surface area contributed by atoms with Gasteiger partial charge in [-0.2, -0.15) is 0 Å². The van der Waals surface area contributed by atoms with E-state index >= 15 is 0 Å². The number of nitrogens with zero attached hydrogens (tertiary/aromatic N) is 2. The molecule has 2 nitrogen and oxygen atoms in total. The molecule has 1 heterocycles. The summed E-state index contributed by atoms with van der Waals surface area (Å²) in [5.74, 6) is 2.73. The van der Waals surface area contributed by atoms with Gasteiger partial charge in [-0.3, -0.25) is 9.80 Å². The Balaban J connectivity index is 1.53. The summed E-state index contributed by atoms with van der Waals surface area (Å²) in [5.41, 5.74) is 1.85. The van der Waals surface area contributed by atoms with Crippen LogP contribution in [0, 0.1) is 12.3 Å². The van der Waals surface area contributed by atoms with Crippen LogP contribution in [0.5, 0.6) is 0 Å². The van der Waals surface area contributed by atoms with Crippen molar-refractivity contribution >= 4 is 11.6 Å². The fraction of sp³-hybridized carbons (Fsp3) is 0.556. The van der Waals surface area contributed by atoms with Crippen molar-refractivity contribution in [2.45, 2.75) is 24.7 Å². The van der Waals surface area contributed by atoms with E-state index in [0.717, 1.165) is 31.1 Å². The van der Waals surface area contributed by atoms with Crippen LogP contribution < -0.4 is 0 Å². The second-order valence-corrected chi connectivity index (χ2v) is 6.80. The van der Waals surface area contributed by atoms with Crippen molar-refractivity contribution in [3.8, 4) is 12.3 Å². The van der Waals surface area contributed by atoms with Gasteiger partial charge in [0.05, 0.1) is 0 Å². The van der Waals surface area contributed by atoms with Crippen molar-refractivity contribution in [2.75, 3.05) is 39.3 Å².